The summed E-state index contributed by atoms with van der Waals surface area (Å²) in [6.45, 7) is 4.77. The quantitative estimate of drug-likeness (QED) is 0.765. The summed E-state index contributed by atoms with van der Waals surface area (Å²) in [5, 5.41) is 9.75. The molecule has 0 radical (unpaired) electrons. The molecule has 3 unspecified atom stereocenters. The molecule has 0 spiro atoms. The Kier molecular flexibility index (Phi) is 6.87. The second-order valence-electron chi connectivity index (χ2n) is 6.37. The molecular weight excluding hydrogens is 264 g/mol. The highest BCUT2D eigenvalue weighted by molar-refractivity contribution is 5.71. The van der Waals surface area contributed by atoms with E-state index in [9.17, 15) is 5.11 Å². The molecule has 4 heteroatoms. The van der Waals surface area contributed by atoms with E-state index in [0.717, 1.165) is 39.0 Å². The maximum Gasteiger partial charge on any atom is 0.0730 e. The van der Waals surface area contributed by atoms with E-state index >= 15 is 0 Å². The molecule has 1 aliphatic carbocycles. The smallest absolute Gasteiger partial charge is 0.0730 e. The molecule has 0 amide bonds. The van der Waals surface area contributed by atoms with E-state index in [-0.39, 0.29) is 6.10 Å². The van der Waals surface area contributed by atoms with E-state index in [1.807, 2.05) is 6.21 Å². The molecule has 1 aliphatic heterocycles. The minimum atomic E-state index is -0.133. The van der Waals surface area contributed by atoms with Crippen LogP contribution in [0.2, 0.25) is 0 Å². The van der Waals surface area contributed by atoms with Crippen LogP contribution in [0.15, 0.2) is 16.6 Å². The number of aliphatic imine (C=N–C) groups is 1. The summed E-state index contributed by atoms with van der Waals surface area (Å²) >= 11 is 0. The van der Waals surface area contributed by atoms with Gasteiger partial charge < -0.3 is 9.84 Å². The first-order valence-corrected chi connectivity index (χ1v) is 8.32. The van der Waals surface area contributed by atoms with Crippen molar-refractivity contribution in [2.24, 2.45) is 4.99 Å². The van der Waals surface area contributed by atoms with Crippen molar-refractivity contribution in [3.8, 4) is 0 Å². The Bertz CT molecular complexity index is 368. The highest BCUT2D eigenvalue weighted by atomic mass is 16.5. The molecule has 2 rings (SSSR count). The van der Waals surface area contributed by atoms with Crippen LogP contribution >= 0.6 is 0 Å². The van der Waals surface area contributed by atoms with Crippen LogP contribution in [0.4, 0.5) is 0 Å². The van der Waals surface area contributed by atoms with E-state index in [1.165, 1.54) is 24.8 Å². The second kappa shape index (κ2) is 8.66. The van der Waals surface area contributed by atoms with Gasteiger partial charge in [-0.15, -0.1) is 0 Å². The van der Waals surface area contributed by atoms with Crippen molar-refractivity contribution in [2.45, 2.75) is 63.7 Å². The van der Waals surface area contributed by atoms with Crippen molar-refractivity contribution >= 4 is 6.21 Å². The van der Waals surface area contributed by atoms with Gasteiger partial charge in [-0.05, 0) is 38.7 Å². The van der Waals surface area contributed by atoms with Crippen LogP contribution in [-0.4, -0.2) is 61.2 Å². The third kappa shape index (κ3) is 5.20. The molecule has 3 atom stereocenters. The Labute approximate surface area is 128 Å². The van der Waals surface area contributed by atoms with Crippen molar-refractivity contribution in [1.82, 2.24) is 4.90 Å². The van der Waals surface area contributed by atoms with Crippen molar-refractivity contribution in [3.63, 3.8) is 0 Å². The van der Waals surface area contributed by atoms with Crippen LogP contribution in [0.1, 0.15) is 45.4 Å². The molecule has 1 saturated carbocycles. The molecule has 120 valence electrons. The lowest BCUT2D eigenvalue weighted by Gasteiger charge is -2.37. The predicted octanol–water partition coefficient (Wildman–Crippen LogP) is 2.42. The maximum atomic E-state index is 9.75. The zero-order chi connectivity index (χ0) is 15.1. The van der Waals surface area contributed by atoms with Gasteiger partial charge in [-0.3, -0.25) is 9.89 Å². The summed E-state index contributed by atoms with van der Waals surface area (Å²) in [6, 6.07) is 0.511. The second-order valence-corrected chi connectivity index (χ2v) is 6.37. The van der Waals surface area contributed by atoms with Gasteiger partial charge in [0.25, 0.3) is 0 Å². The van der Waals surface area contributed by atoms with Gasteiger partial charge in [0.15, 0.2) is 0 Å². The summed E-state index contributed by atoms with van der Waals surface area (Å²) in [5.74, 6) is 0. The number of hydrogen-bond donors (Lipinski definition) is 1. The number of ether oxygens (including phenoxy) is 1. The van der Waals surface area contributed by atoms with E-state index in [0.29, 0.717) is 12.1 Å². The molecule has 1 N–H and O–H groups in total. The van der Waals surface area contributed by atoms with Crippen molar-refractivity contribution < 1.29 is 9.84 Å². The zero-order valence-electron chi connectivity index (χ0n) is 13.5. The molecule has 0 aromatic heterocycles. The van der Waals surface area contributed by atoms with Gasteiger partial charge in [-0.2, -0.15) is 0 Å². The van der Waals surface area contributed by atoms with E-state index in [4.69, 9.17) is 4.74 Å². The van der Waals surface area contributed by atoms with Crippen LogP contribution in [0, 0.1) is 0 Å². The Morgan fingerprint density at radius 2 is 2.14 bits per heavy atom. The van der Waals surface area contributed by atoms with Gasteiger partial charge in [0.2, 0.25) is 0 Å². The number of aliphatic hydroxyl groups is 1. The lowest BCUT2D eigenvalue weighted by molar-refractivity contribution is -0.0315. The van der Waals surface area contributed by atoms with Crippen LogP contribution < -0.4 is 0 Å². The van der Waals surface area contributed by atoms with Crippen LogP contribution in [0.3, 0.4) is 0 Å². The normalized spacial score (nSPS) is 32.1. The zero-order valence-corrected chi connectivity index (χ0v) is 13.5. The van der Waals surface area contributed by atoms with Crippen molar-refractivity contribution in [1.29, 1.82) is 0 Å². The SMILES string of the molecule is CN=C/C=C(\C)CCOC1CCCCC1N1CCC(O)C1. The van der Waals surface area contributed by atoms with Crippen molar-refractivity contribution in [2.75, 3.05) is 26.7 Å². The first-order chi connectivity index (χ1) is 10.2. The number of β-amino-alcohol motifs (C(OH)–C–C–N with tert-alkyl or cyclic N) is 1. The van der Waals surface area contributed by atoms with Crippen LogP contribution in [-0.2, 0) is 4.74 Å². The minimum absolute atomic E-state index is 0.133. The Hall–Kier alpha value is -0.710. The summed E-state index contributed by atoms with van der Waals surface area (Å²) < 4.78 is 6.19. The maximum absolute atomic E-state index is 9.75. The Morgan fingerprint density at radius 3 is 2.86 bits per heavy atom. The number of likely N-dealkylation sites (tertiary alicyclic amines) is 1. The van der Waals surface area contributed by atoms with Gasteiger partial charge in [0.1, 0.15) is 0 Å². The lowest BCUT2D eigenvalue weighted by Crippen LogP contribution is -2.46. The van der Waals surface area contributed by atoms with Crippen LogP contribution in [0.25, 0.3) is 0 Å². The number of hydrogen-bond acceptors (Lipinski definition) is 4. The first kappa shape index (κ1) is 16.7. The molecule has 4 nitrogen and oxygen atoms in total. The monoisotopic (exact) mass is 294 g/mol. The molecular formula is C17H30N2O2. The molecule has 0 aromatic rings. The number of rotatable bonds is 6. The molecule has 1 saturated heterocycles. The van der Waals surface area contributed by atoms with Crippen molar-refractivity contribution in [3.05, 3.63) is 11.6 Å². The standard InChI is InChI=1S/C17H30N2O2/c1-14(7-10-18-2)9-12-21-17-6-4-3-5-16(17)19-11-8-15(20)13-19/h7,10,15-17,20H,3-6,8-9,11-13H2,1-2H3/b14-7+,18-10?. The summed E-state index contributed by atoms with van der Waals surface area (Å²) in [6.07, 6.45) is 10.9. The van der Waals surface area contributed by atoms with Gasteiger partial charge in [-0.25, -0.2) is 0 Å². The molecule has 0 bridgehead atoms. The number of allylic oxidation sites excluding steroid dienone is 1. The largest absolute Gasteiger partial charge is 0.392 e. The molecule has 21 heavy (non-hydrogen) atoms. The fraction of sp³-hybridized carbons (Fsp3) is 0.824. The number of aliphatic hydroxyl groups excluding tert-OH is 1. The third-order valence-electron chi connectivity index (χ3n) is 4.67. The van der Waals surface area contributed by atoms with E-state index in [1.54, 1.807) is 7.05 Å². The number of nitrogens with zero attached hydrogens (tertiary/aromatic N) is 2. The molecule has 1 heterocycles. The average molecular weight is 294 g/mol. The summed E-state index contributed by atoms with van der Waals surface area (Å²) in [7, 11) is 1.79. The Balaban J connectivity index is 1.79. The van der Waals surface area contributed by atoms with Gasteiger partial charge >= 0.3 is 0 Å². The Morgan fingerprint density at radius 1 is 1.33 bits per heavy atom. The fourth-order valence-electron chi connectivity index (χ4n) is 3.42. The molecule has 0 aromatic carbocycles. The third-order valence-corrected chi connectivity index (χ3v) is 4.67. The van der Waals surface area contributed by atoms with Crippen LogP contribution in [0.5, 0.6) is 0 Å². The summed E-state index contributed by atoms with van der Waals surface area (Å²) in [4.78, 5) is 6.42. The fourth-order valence-corrected chi connectivity index (χ4v) is 3.42. The molecule has 2 aliphatic rings. The van der Waals surface area contributed by atoms with Gasteiger partial charge in [0, 0.05) is 32.4 Å². The van der Waals surface area contributed by atoms with Gasteiger partial charge in [-0.1, -0.05) is 18.4 Å². The van der Waals surface area contributed by atoms with E-state index < -0.39 is 0 Å². The predicted molar refractivity (Wildman–Crippen MR) is 87.0 cm³/mol. The van der Waals surface area contributed by atoms with E-state index in [2.05, 4.69) is 22.9 Å². The highest BCUT2D eigenvalue weighted by Crippen LogP contribution is 2.28. The highest BCUT2D eigenvalue weighted by Gasteiger charge is 2.34. The van der Waals surface area contributed by atoms with Gasteiger partial charge in [0.05, 0.1) is 18.8 Å². The lowest BCUT2D eigenvalue weighted by atomic mass is 9.91. The average Bonchev–Trinajstić information content (AvgIpc) is 2.92. The topological polar surface area (TPSA) is 45.1 Å². The summed E-state index contributed by atoms with van der Waals surface area (Å²) in [5.41, 5.74) is 1.31. The first-order valence-electron chi connectivity index (χ1n) is 8.32. The molecule has 2 fully saturated rings. The minimum Gasteiger partial charge on any atom is -0.392 e.